The summed E-state index contributed by atoms with van der Waals surface area (Å²) in [4.78, 5) is 0. The molecule has 0 unspecified atom stereocenters. The van der Waals surface area contributed by atoms with Crippen molar-refractivity contribution in [3.63, 3.8) is 0 Å². The van der Waals surface area contributed by atoms with Crippen molar-refractivity contribution >= 4 is 11.4 Å². The van der Waals surface area contributed by atoms with E-state index < -0.39 is 11.7 Å². The second-order valence-corrected chi connectivity index (χ2v) is 5.67. The van der Waals surface area contributed by atoms with Gasteiger partial charge < -0.3 is 15.2 Å². The van der Waals surface area contributed by atoms with Crippen molar-refractivity contribution in [3.05, 3.63) is 53.6 Å². The Morgan fingerprint density at radius 2 is 1.75 bits per heavy atom. The molecular formula is C18H20F3NO2. The summed E-state index contributed by atoms with van der Waals surface area (Å²) in [6, 6.07) is 10.5. The van der Waals surface area contributed by atoms with Gasteiger partial charge in [0.15, 0.2) is 0 Å². The van der Waals surface area contributed by atoms with Gasteiger partial charge in [0, 0.05) is 12.3 Å². The lowest BCUT2D eigenvalue weighted by molar-refractivity contribution is -0.137. The van der Waals surface area contributed by atoms with Crippen molar-refractivity contribution in [2.24, 2.45) is 0 Å². The molecule has 0 aliphatic heterocycles. The summed E-state index contributed by atoms with van der Waals surface area (Å²) in [5, 5.41) is 11.9. The normalized spacial score (nSPS) is 11.6. The average molecular weight is 339 g/mol. The molecule has 0 heterocycles. The number of rotatable bonds is 6. The SMILES string of the molecule is CC(C)Oc1ccc(C(F)(F)F)cc1Nc1ccc(CCO)cc1. The van der Waals surface area contributed by atoms with E-state index in [2.05, 4.69) is 5.32 Å². The minimum atomic E-state index is -4.42. The average Bonchev–Trinajstić information content (AvgIpc) is 2.49. The van der Waals surface area contributed by atoms with Crippen molar-refractivity contribution in [1.29, 1.82) is 0 Å². The van der Waals surface area contributed by atoms with Gasteiger partial charge in [0.2, 0.25) is 0 Å². The van der Waals surface area contributed by atoms with Gasteiger partial charge in [-0.2, -0.15) is 13.2 Å². The zero-order chi connectivity index (χ0) is 17.7. The molecule has 0 saturated carbocycles. The summed E-state index contributed by atoms with van der Waals surface area (Å²) in [6.45, 7) is 3.67. The number of aliphatic hydroxyl groups excluding tert-OH is 1. The highest BCUT2D eigenvalue weighted by molar-refractivity contribution is 5.67. The van der Waals surface area contributed by atoms with Gasteiger partial charge in [0.1, 0.15) is 5.75 Å². The molecule has 0 radical (unpaired) electrons. The van der Waals surface area contributed by atoms with Crippen LogP contribution in [0.25, 0.3) is 0 Å². The Hall–Kier alpha value is -2.21. The van der Waals surface area contributed by atoms with Crippen LogP contribution in [0.4, 0.5) is 24.5 Å². The highest BCUT2D eigenvalue weighted by Crippen LogP contribution is 2.36. The first-order chi connectivity index (χ1) is 11.3. The van der Waals surface area contributed by atoms with Crippen molar-refractivity contribution in [2.75, 3.05) is 11.9 Å². The summed E-state index contributed by atoms with van der Waals surface area (Å²) in [7, 11) is 0. The van der Waals surface area contributed by atoms with Crippen molar-refractivity contribution in [3.8, 4) is 5.75 Å². The highest BCUT2D eigenvalue weighted by Gasteiger charge is 2.31. The smallest absolute Gasteiger partial charge is 0.416 e. The van der Waals surface area contributed by atoms with Gasteiger partial charge in [-0.15, -0.1) is 0 Å². The fraction of sp³-hybridized carbons (Fsp3) is 0.333. The molecule has 0 spiro atoms. The molecular weight excluding hydrogens is 319 g/mol. The standard InChI is InChI=1S/C18H20F3NO2/c1-12(2)24-17-8-5-14(18(19,20)21)11-16(17)22-15-6-3-13(4-7-15)9-10-23/h3-8,11-12,22-23H,9-10H2,1-2H3. The molecule has 0 aliphatic carbocycles. The highest BCUT2D eigenvalue weighted by atomic mass is 19.4. The van der Waals surface area contributed by atoms with Crippen LogP contribution in [0.5, 0.6) is 5.75 Å². The van der Waals surface area contributed by atoms with Crippen LogP contribution in [0, 0.1) is 0 Å². The second kappa shape index (κ2) is 7.57. The lowest BCUT2D eigenvalue weighted by atomic mass is 10.1. The quantitative estimate of drug-likeness (QED) is 0.796. The molecule has 2 rings (SSSR count). The van der Waals surface area contributed by atoms with E-state index in [0.29, 0.717) is 17.9 Å². The first-order valence-electron chi connectivity index (χ1n) is 7.64. The van der Waals surface area contributed by atoms with Crippen LogP contribution in [0.3, 0.4) is 0 Å². The predicted octanol–water partition coefficient (Wildman–Crippen LogP) is 4.77. The first-order valence-corrected chi connectivity index (χ1v) is 7.64. The van der Waals surface area contributed by atoms with Crippen molar-refractivity contribution < 1.29 is 23.0 Å². The fourth-order valence-corrected chi connectivity index (χ4v) is 2.20. The molecule has 0 atom stereocenters. The van der Waals surface area contributed by atoms with Gasteiger partial charge in [0.25, 0.3) is 0 Å². The van der Waals surface area contributed by atoms with Gasteiger partial charge in [-0.05, 0) is 56.2 Å². The fourth-order valence-electron chi connectivity index (χ4n) is 2.20. The molecule has 0 aromatic heterocycles. The number of anilines is 2. The summed E-state index contributed by atoms with van der Waals surface area (Å²) in [5.41, 5.74) is 1.11. The number of nitrogens with one attached hydrogen (secondary N) is 1. The number of hydrogen-bond donors (Lipinski definition) is 2. The van der Waals surface area contributed by atoms with Crippen LogP contribution >= 0.6 is 0 Å². The molecule has 0 saturated heterocycles. The molecule has 6 heteroatoms. The number of hydrogen-bond acceptors (Lipinski definition) is 3. The van der Waals surface area contributed by atoms with E-state index in [1.165, 1.54) is 6.07 Å². The number of alkyl halides is 3. The Bertz CT molecular complexity index is 667. The largest absolute Gasteiger partial charge is 0.489 e. The Morgan fingerprint density at radius 1 is 1.08 bits per heavy atom. The first kappa shape index (κ1) is 18.1. The molecule has 0 amide bonds. The number of benzene rings is 2. The third kappa shape index (κ3) is 4.89. The van der Waals surface area contributed by atoms with Crippen LogP contribution in [-0.2, 0) is 12.6 Å². The number of halogens is 3. The van der Waals surface area contributed by atoms with E-state index in [-0.39, 0.29) is 18.4 Å². The zero-order valence-corrected chi connectivity index (χ0v) is 13.5. The Morgan fingerprint density at radius 3 is 2.29 bits per heavy atom. The Balaban J connectivity index is 2.31. The van der Waals surface area contributed by atoms with Gasteiger partial charge in [-0.3, -0.25) is 0 Å². The summed E-state index contributed by atoms with van der Waals surface area (Å²) < 4.78 is 44.4. The molecule has 2 aromatic carbocycles. The van der Waals surface area contributed by atoms with E-state index in [4.69, 9.17) is 9.84 Å². The topological polar surface area (TPSA) is 41.5 Å². The van der Waals surface area contributed by atoms with Crippen LogP contribution in [0.15, 0.2) is 42.5 Å². The van der Waals surface area contributed by atoms with Crippen LogP contribution in [-0.4, -0.2) is 17.8 Å². The lowest BCUT2D eigenvalue weighted by Crippen LogP contribution is -2.10. The van der Waals surface area contributed by atoms with Gasteiger partial charge in [-0.1, -0.05) is 12.1 Å². The van der Waals surface area contributed by atoms with Crippen LogP contribution in [0.1, 0.15) is 25.0 Å². The molecule has 130 valence electrons. The number of ether oxygens (including phenoxy) is 1. The van der Waals surface area contributed by atoms with Crippen LogP contribution < -0.4 is 10.1 Å². The minimum absolute atomic E-state index is 0.0484. The third-order valence-corrected chi connectivity index (χ3v) is 3.30. The van der Waals surface area contributed by atoms with Gasteiger partial charge in [0.05, 0.1) is 17.4 Å². The Labute approximate surface area is 139 Å². The van der Waals surface area contributed by atoms with E-state index in [1.54, 1.807) is 12.1 Å². The molecule has 0 fully saturated rings. The molecule has 2 aromatic rings. The maximum Gasteiger partial charge on any atom is 0.416 e. The van der Waals surface area contributed by atoms with E-state index in [0.717, 1.165) is 17.7 Å². The molecule has 2 N–H and O–H groups in total. The molecule has 0 aliphatic rings. The Kier molecular flexibility index (Phi) is 5.72. The second-order valence-electron chi connectivity index (χ2n) is 5.67. The number of aliphatic hydroxyl groups is 1. The molecule has 0 bridgehead atoms. The summed E-state index contributed by atoms with van der Waals surface area (Å²) in [6.07, 6.45) is -4.04. The zero-order valence-electron chi connectivity index (χ0n) is 13.5. The van der Waals surface area contributed by atoms with Crippen molar-refractivity contribution in [2.45, 2.75) is 32.5 Å². The minimum Gasteiger partial charge on any atom is -0.489 e. The van der Waals surface area contributed by atoms with E-state index >= 15 is 0 Å². The van der Waals surface area contributed by atoms with Gasteiger partial charge >= 0.3 is 6.18 Å². The molecule has 24 heavy (non-hydrogen) atoms. The summed E-state index contributed by atoms with van der Waals surface area (Å²) >= 11 is 0. The van der Waals surface area contributed by atoms with E-state index in [9.17, 15) is 13.2 Å². The van der Waals surface area contributed by atoms with Crippen molar-refractivity contribution in [1.82, 2.24) is 0 Å². The maximum absolute atomic E-state index is 12.9. The monoisotopic (exact) mass is 339 g/mol. The maximum atomic E-state index is 12.9. The predicted molar refractivity (Wildman–Crippen MR) is 87.7 cm³/mol. The lowest BCUT2D eigenvalue weighted by Gasteiger charge is -2.18. The van der Waals surface area contributed by atoms with Gasteiger partial charge in [-0.25, -0.2) is 0 Å². The third-order valence-electron chi connectivity index (χ3n) is 3.30. The summed E-state index contributed by atoms with van der Waals surface area (Å²) in [5.74, 6) is 0.359. The van der Waals surface area contributed by atoms with Crippen LogP contribution in [0.2, 0.25) is 0 Å². The molecule has 3 nitrogen and oxygen atoms in total. The van der Waals surface area contributed by atoms with E-state index in [1.807, 2.05) is 26.0 Å².